The van der Waals surface area contributed by atoms with Crippen LogP contribution in [-0.2, 0) is 11.8 Å². The van der Waals surface area contributed by atoms with Gasteiger partial charge in [0.2, 0.25) is 0 Å². The molecule has 0 aliphatic rings. The predicted molar refractivity (Wildman–Crippen MR) is 62.2 cm³/mol. The van der Waals surface area contributed by atoms with Gasteiger partial charge in [-0.05, 0) is 11.6 Å². The smallest absolute Gasteiger partial charge is 0.355 e. The number of carbonyl (C=O) groups excluding carboxylic acids is 1. The van der Waals surface area contributed by atoms with Gasteiger partial charge in [-0.2, -0.15) is 0 Å². The van der Waals surface area contributed by atoms with Gasteiger partial charge in [0, 0.05) is 18.8 Å². The summed E-state index contributed by atoms with van der Waals surface area (Å²) in [6.07, 6.45) is 1.86. The molecule has 0 unspecified atom stereocenters. The van der Waals surface area contributed by atoms with E-state index in [-0.39, 0.29) is 5.97 Å². The van der Waals surface area contributed by atoms with Gasteiger partial charge >= 0.3 is 5.97 Å². The van der Waals surface area contributed by atoms with Gasteiger partial charge in [0.1, 0.15) is 5.69 Å². The number of nitrogens with zero attached hydrogens (tertiary/aromatic N) is 1. The third-order valence-electron chi connectivity index (χ3n) is 2.54. The van der Waals surface area contributed by atoms with Crippen LogP contribution in [0.15, 0.2) is 42.6 Å². The van der Waals surface area contributed by atoms with Crippen LogP contribution in [0, 0.1) is 0 Å². The molecular formula is C13H13NO2. The molecule has 0 spiro atoms. The Morgan fingerprint density at radius 1 is 1.19 bits per heavy atom. The second-order valence-electron chi connectivity index (χ2n) is 3.55. The van der Waals surface area contributed by atoms with Crippen molar-refractivity contribution in [1.29, 1.82) is 0 Å². The average molecular weight is 215 g/mol. The zero-order valence-electron chi connectivity index (χ0n) is 9.31. The Bertz CT molecular complexity index is 500. The Labute approximate surface area is 94.3 Å². The summed E-state index contributed by atoms with van der Waals surface area (Å²) in [5, 5.41) is 0. The van der Waals surface area contributed by atoms with E-state index < -0.39 is 0 Å². The molecule has 2 rings (SSSR count). The molecule has 1 aromatic heterocycles. The summed E-state index contributed by atoms with van der Waals surface area (Å²) in [5.74, 6) is -0.314. The van der Waals surface area contributed by atoms with Crippen LogP contribution in [0.1, 0.15) is 10.5 Å². The van der Waals surface area contributed by atoms with Gasteiger partial charge in [0.25, 0.3) is 0 Å². The van der Waals surface area contributed by atoms with Gasteiger partial charge in [-0.15, -0.1) is 0 Å². The highest BCUT2D eigenvalue weighted by Crippen LogP contribution is 2.24. The quantitative estimate of drug-likeness (QED) is 0.721. The Kier molecular flexibility index (Phi) is 2.77. The molecule has 82 valence electrons. The van der Waals surface area contributed by atoms with Crippen LogP contribution in [0.2, 0.25) is 0 Å². The lowest BCUT2D eigenvalue weighted by Crippen LogP contribution is -2.08. The molecule has 0 aliphatic heterocycles. The molecule has 16 heavy (non-hydrogen) atoms. The maximum atomic E-state index is 11.6. The van der Waals surface area contributed by atoms with E-state index >= 15 is 0 Å². The normalized spacial score (nSPS) is 10.1. The second-order valence-corrected chi connectivity index (χ2v) is 3.55. The highest BCUT2D eigenvalue weighted by molar-refractivity contribution is 5.95. The Morgan fingerprint density at radius 3 is 2.50 bits per heavy atom. The van der Waals surface area contributed by atoms with E-state index in [0.717, 1.165) is 11.1 Å². The van der Waals surface area contributed by atoms with Gasteiger partial charge in [-0.1, -0.05) is 30.3 Å². The van der Waals surface area contributed by atoms with Crippen LogP contribution in [0.25, 0.3) is 11.1 Å². The van der Waals surface area contributed by atoms with Crippen molar-refractivity contribution >= 4 is 5.97 Å². The minimum Gasteiger partial charge on any atom is -0.464 e. The lowest BCUT2D eigenvalue weighted by molar-refractivity contribution is 0.0591. The number of methoxy groups -OCH3 is 1. The number of benzene rings is 1. The fourth-order valence-electron chi connectivity index (χ4n) is 1.73. The van der Waals surface area contributed by atoms with E-state index in [0.29, 0.717) is 5.69 Å². The molecule has 0 N–H and O–H groups in total. The Hall–Kier alpha value is -2.03. The summed E-state index contributed by atoms with van der Waals surface area (Å²) in [6, 6.07) is 11.7. The van der Waals surface area contributed by atoms with Gasteiger partial charge in [0.15, 0.2) is 0 Å². The standard InChI is InChI=1S/C13H13NO2/c1-14-9-8-11(12(14)13(15)16-2)10-6-4-3-5-7-10/h3-9H,1-2H3. The van der Waals surface area contributed by atoms with Gasteiger partial charge in [-0.25, -0.2) is 4.79 Å². The fraction of sp³-hybridized carbons (Fsp3) is 0.154. The highest BCUT2D eigenvalue weighted by Gasteiger charge is 2.16. The largest absolute Gasteiger partial charge is 0.464 e. The molecule has 0 aliphatic carbocycles. The lowest BCUT2D eigenvalue weighted by Gasteiger charge is -2.05. The van der Waals surface area contributed by atoms with Crippen molar-refractivity contribution in [2.75, 3.05) is 7.11 Å². The van der Waals surface area contributed by atoms with Crippen LogP contribution >= 0.6 is 0 Å². The monoisotopic (exact) mass is 215 g/mol. The van der Waals surface area contributed by atoms with Crippen LogP contribution < -0.4 is 0 Å². The van der Waals surface area contributed by atoms with Crippen LogP contribution in [0.3, 0.4) is 0 Å². The van der Waals surface area contributed by atoms with Crippen molar-refractivity contribution in [1.82, 2.24) is 4.57 Å². The fourth-order valence-corrected chi connectivity index (χ4v) is 1.73. The zero-order chi connectivity index (χ0) is 11.5. The number of hydrogen-bond donors (Lipinski definition) is 0. The van der Waals surface area contributed by atoms with Crippen LogP contribution in [0.5, 0.6) is 0 Å². The van der Waals surface area contributed by atoms with Crippen molar-refractivity contribution in [3.05, 3.63) is 48.3 Å². The number of hydrogen-bond acceptors (Lipinski definition) is 2. The molecule has 0 radical (unpaired) electrons. The second kappa shape index (κ2) is 4.23. The predicted octanol–water partition coefficient (Wildman–Crippen LogP) is 2.48. The van der Waals surface area contributed by atoms with E-state index in [1.165, 1.54) is 7.11 Å². The Morgan fingerprint density at radius 2 is 1.88 bits per heavy atom. The summed E-state index contributed by atoms with van der Waals surface area (Å²) in [4.78, 5) is 11.6. The molecule has 3 heteroatoms. The summed E-state index contributed by atoms with van der Waals surface area (Å²) in [6.45, 7) is 0. The van der Waals surface area contributed by atoms with Crippen molar-refractivity contribution in [2.24, 2.45) is 7.05 Å². The van der Waals surface area contributed by atoms with E-state index in [9.17, 15) is 4.79 Å². The third kappa shape index (κ3) is 1.72. The van der Waals surface area contributed by atoms with Crippen molar-refractivity contribution in [3.8, 4) is 11.1 Å². The van der Waals surface area contributed by atoms with Crippen LogP contribution in [0.4, 0.5) is 0 Å². The molecular weight excluding hydrogens is 202 g/mol. The van der Waals surface area contributed by atoms with E-state index in [1.807, 2.05) is 49.6 Å². The molecule has 0 amide bonds. The summed E-state index contributed by atoms with van der Waals surface area (Å²) in [5.41, 5.74) is 2.49. The zero-order valence-corrected chi connectivity index (χ0v) is 9.31. The van der Waals surface area contributed by atoms with Gasteiger partial charge in [0.05, 0.1) is 7.11 Å². The minimum absolute atomic E-state index is 0.314. The first-order valence-electron chi connectivity index (χ1n) is 5.03. The van der Waals surface area contributed by atoms with Crippen LogP contribution in [-0.4, -0.2) is 17.6 Å². The first-order chi connectivity index (χ1) is 7.74. The molecule has 2 aromatic rings. The average Bonchev–Trinajstić information content (AvgIpc) is 2.71. The molecule has 0 bridgehead atoms. The molecule has 0 fully saturated rings. The van der Waals surface area contributed by atoms with E-state index in [1.54, 1.807) is 4.57 Å². The molecule has 0 atom stereocenters. The SMILES string of the molecule is COC(=O)c1c(-c2ccccc2)ccn1C. The summed E-state index contributed by atoms with van der Waals surface area (Å²) in [7, 11) is 3.22. The minimum atomic E-state index is -0.314. The molecule has 1 heterocycles. The van der Waals surface area contributed by atoms with E-state index in [2.05, 4.69) is 0 Å². The number of rotatable bonds is 2. The molecule has 0 saturated heterocycles. The number of aryl methyl sites for hydroxylation is 1. The topological polar surface area (TPSA) is 31.2 Å². The summed E-state index contributed by atoms with van der Waals surface area (Å²) < 4.78 is 6.55. The maximum absolute atomic E-state index is 11.6. The number of carbonyl (C=O) groups is 1. The van der Waals surface area contributed by atoms with Gasteiger partial charge in [-0.3, -0.25) is 0 Å². The van der Waals surface area contributed by atoms with Crippen molar-refractivity contribution in [3.63, 3.8) is 0 Å². The first-order valence-corrected chi connectivity index (χ1v) is 5.03. The lowest BCUT2D eigenvalue weighted by atomic mass is 10.1. The molecule has 0 saturated carbocycles. The highest BCUT2D eigenvalue weighted by atomic mass is 16.5. The maximum Gasteiger partial charge on any atom is 0.355 e. The van der Waals surface area contributed by atoms with Crippen molar-refractivity contribution < 1.29 is 9.53 Å². The van der Waals surface area contributed by atoms with Crippen molar-refractivity contribution in [2.45, 2.75) is 0 Å². The molecule has 3 nitrogen and oxygen atoms in total. The van der Waals surface area contributed by atoms with Gasteiger partial charge < -0.3 is 9.30 Å². The van der Waals surface area contributed by atoms with E-state index in [4.69, 9.17) is 4.74 Å². The first kappa shape index (κ1) is 10.5. The number of esters is 1. The Balaban J connectivity index is 2.55. The number of aromatic nitrogens is 1. The number of ether oxygens (including phenoxy) is 1. The third-order valence-corrected chi connectivity index (χ3v) is 2.54. The summed E-state index contributed by atoms with van der Waals surface area (Å²) >= 11 is 0. The molecule has 1 aromatic carbocycles.